The first-order valence-corrected chi connectivity index (χ1v) is 8.96. The Hall–Kier alpha value is -1.92. The highest BCUT2D eigenvalue weighted by atomic mass is 19.1. The van der Waals surface area contributed by atoms with Crippen LogP contribution in [0.15, 0.2) is 28.7 Å². The van der Waals surface area contributed by atoms with Gasteiger partial charge in [0, 0.05) is 37.6 Å². The molecule has 0 aliphatic carbocycles. The summed E-state index contributed by atoms with van der Waals surface area (Å²) < 4.78 is 24.5. The number of likely N-dealkylation sites (tertiary alicyclic amines) is 1. The molecule has 3 heterocycles. The fourth-order valence-corrected chi connectivity index (χ4v) is 4.02. The van der Waals surface area contributed by atoms with Crippen LogP contribution >= 0.6 is 0 Å². The van der Waals surface area contributed by atoms with Gasteiger partial charge in [0.25, 0.3) is 5.91 Å². The van der Waals surface area contributed by atoms with Crippen LogP contribution in [0.5, 0.6) is 0 Å². The van der Waals surface area contributed by atoms with E-state index in [0.717, 1.165) is 39.3 Å². The van der Waals surface area contributed by atoms with Gasteiger partial charge >= 0.3 is 0 Å². The molecule has 2 aromatic rings. The Kier molecular flexibility index (Phi) is 4.48. The number of halogens is 1. The molecule has 25 heavy (non-hydrogen) atoms. The van der Waals surface area contributed by atoms with Crippen LogP contribution in [0.25, 0.3) is 11.0 Å². The molecule has 0 radical (unpaired) electrons. The first-order chi connectivity index (χ1) is 12.2. The zero-order valence-electron chi connectivity index (χ0n) is 14.4. The topological polar surface area (TPSA) is 45.9 Å². The maximum absolute atomic E-state index is 13.3. The molecule has 2 fully saturated rings. The zero-order valence-corrected chi connectivity index (χ0v) is 14.4. The van der Waals surface area contributed by atoms with Crippen LogP contribution in [-0.4, -0.2) is 61.1 Å². The van der Waals surface area contributed by atoms with Gasteiger partial charge in [0.15, 0.2) is 5.76 Å². The van der Waals surface area contributed by atoms with Crippen molar-refractivity contribution in [2.75, 3.05) is 39.4 Å². The number of carbonyl (C=O) groups is 1. The van der Waals surface area contributed by atoms with E-state index in [2.05, 4.69) is 11.8 Å². The summed E-state index contributed by atoms with van der Waals surface area (Å²) in [5.74, 6) is 0.319. The van der Waals surface area contributed by atoms with Crippen molar-refractivity contribution in [1.29, 1.82) is 0 Å². The third kappa shape index (κ3) is 3.16. The minimum Gasteiger partial charge on any atom is -0.451 e. The number of amides is 1. The van der Waals surface area contributed by atoms with Crippen molar-refractivity contribution in [1.82, 2.24) is 9.80 Å². The van der Waals surface area contributed by atoms with Gasteiger partial charge in [-0.2, -0.15) is 0 Å². The van der Waals surface area contributed by atoms with Gasteiger partial charge in [-0.1, -0.05) is 13.3 Å². The maximum Gasteiger partial charge on any atom is 0.289 e. The monoisotopic (exact) mass is 346 g/mol. The zero-order chi connectivity index (χ0) is 17.4. The van der Waals surface area contributed by atoms with E-state index in [1.165, 1.54) is 12.1 Å². The van der Waals surface area contributed by atoms with Gasteiger partial charge in [0.05, 0.1) is 13.2 Å². The molecule has 2 aliphatic heterocycles. The van der Waals surface area contributed by atoms with Crippen molar-refractivity contribution in [3.8, 4) is 0 Å². The Morgan fingerprint density at radius 2 is 2.04 bits per heavy atom. The minimum absolute atomic E-state index is 0.106. The molecular weight excluding hydrogens is 323 g/mol. The molecule has 0 saturated carbocycles. The minimum atomic E-state index is -0.327. The second-order valence-electron chi connectivity index (χ2n) is 6.89. The lowest BCUT2D eigenvalue weighted by Gasteiger charge is -2.34. The van der Waals surface area contributed by atoms with Crippen LogP contribution in [0.3, 0.4) is 0 Å². The molecule has 2 aliphatic rings. The summed E-state index contributed by atoms with van der Waals surface area (Å²) in [6.07, 6.45) is 1.04. The average molecular weight is 346 g/mol. The molecule has 134 valence electrons. The number of hydrogen-bond donors (Lipinski definition) is 0. The van der Waals surface area contributed by atoms with Crippen molar-refractivity contribution >= 4 is 16.9 Å². The highest BCUT2D eigenvalue weighted by molar-refractivity contribution is 5.96. The number of carbonyl (C=O) groups excluding carboxylic acids is 1. The summed E-state index contributed by atoms with van der Waals surface area (Å²) in [6.45, 7) is 6.99. The van der Waals surface area contributed by atoms with Crippen LogP contribution in [0, 0.1) is 11.7 Å². The first kappa shape index (κ1) is 16.5. The quantitative estimate of drug-likeness (QED) is 0.857. The summed E-state index contributed by atoms with van der Waals surface area (Å²) in [7, 11) is 0. The molecule has 1 aromatic heterocycles. The van der Waals surface area contributed by atoms with Crippen molar-refractivity contribution < 1.29 is 18.3 Å². The van der Waals surface area contributed by atoms with Gasteiger partial charge in [-0.05, 0) is 30.2 Å². The smallest absolute Gasteiger partial charge is 0.289 e. The number of morpholine rings is 1. The summed E-state index contributed by atoms with van der Waals surface area (Å²) in [6, 6.07) is 6.32. The molecule has 2 unspecified atom stereocenters. The van der Waals surface area contributed by atoms with E-state index >= 15 is 0 Å². The lowest BCUT2D eigenvalue weighted by molar-refractivity contribution is 0.0102. The summed E-state index contributed by atoms with van der Waals surface area (Å²) in [5, 5.41) is 0.624. The molecule has 4 rings (SSSR count). The van der Waals surface area contributed by atoms with E-state index in [1.54, 1.807) is 12.1 Å². The average Bonchev–Trinajstić information content (AvgIpc) is 3.25. The highest BCUT2D eigenvalue weighted by Gasteiger charge is 2.39. The fraction of sp³-hybridized carbons (Fsp3) is 0.526. The standard InChI is InChI=1S/C19H23FN2O3/c1-2-13-11-22(12-16(13)21-5-7-24-8-6-21)19(23)18-10-14-9-15(20)3-4-17(14)25-18/h3-4,9-10,13,16H,2,5-8,11-12H2,1H3. The van der Waals surface area contributed by atoms with E-state index < -0.39 is 0 Å². The third-order valence-electron chi connectivity index (χ3n) is 5.42. The lowest BCUT2D eigenvalue weighted by Crippen LogP contribution is -2.47. The summed E-state index contributed by atoms with van der Waals surface area (Å²) in [4.78, 5) is 17.2. The number of fused-ring (bicyclic) bond motifs is 1. The van der Waals surface area contributed by atoms with Crippen molar-refractivity contribution in [3.63, 3.8) is 0 Å². The molecule has 0 spiro atoms. The highest BCUT2D eigenvalue weighted by Crippen LogP contribution is 2.28. The van der Waals surface area contributed by atoms with E-state index in [9.17, 15) is 9.18 Å². The number of nitrogens with zero attached hydrogens (tertiary/aromatic N) is 2. The number of benzene rings is 1. The van der Waals surface area contributed by atoms with Gasteiger partial charge in [-0.25, -0.2) is 4.39 Å². The van der Waals surface area contributed by atoms with E-state index in [1.807, 2.05) is 4.90 Å². The molecule has 0 bridgehead atoms. The Balaban J connectivity index is 1.53. The largest absolute Gasteiger partial charge is 0.451 e. The normalized spacial score (nSPS) is 25.0. The lowest BCUT2D eigenvalue weighted by atomic mass is 9.99. The van der Waals surface area contributed by atoms with E-state index in [-0.39, 0.29) is 17.5 Å². The summed E-state index contributed by atoms with van der Waals surface area (Å²) in [5.41, 5.74) is 0.542. The Morgan fingerprint density at radius 3 is 2.80 bits per heavy atom. The van der Waals surface area contributed by atoms with Crippen LogP contribution in [-0.2, 0) is 4.74 Å². The molecule has 1 amide bonds. The Morgan fingerprint density at radius 1 is 1.24 bits per heavy atom. The molecule has 5 nitrogen and oxygen atoms in total. The number of furan rings is 1. The Labute approximate surface area is 146 Å². The van der Waals surface area contributed by atoms with Crippen LogP contribution in [0.4, 0.5) is 4.39 Å². The predicted octanol–water partition coefficient (Wildman–Crippen LogP) is 2.75. The summed E-state index contributed by atoms with van der Waals surface area (Å²) >= 11 is 0. The Bertz CT molecular complexity index is 769. The van der Waals surface area contributed by atoms with Gasteiger partial charge < -0.3 is 14.1 Å². The van der Waals surface area contributed by atoms with Crippen LogP contribution in [0.1, 0.15) is 23.9 Å². The number of hydrogen-bond acceptors (Lipinski definition) is 4. The van der Waals surface area contributed by atoms with Crippen molar-refractivity contribution in [2.45, 2.75) is 19.4 Å². The second-order valence-corrected chi connectivity index (χ2v) is 6.89. The maximum atomic E-state index is 13.3. The number of rotatable bonds is 3. The van der Waals surface area contributed by atoms with Gasteiger partial charge in [0.1, 0.15) is 11.4 Å². The predicted molar refractivity (Wildman–Crippen MR) is 92.0 cm³/mol. The van der Waals surface area contributed by atoms with E-state index in [0.29, 0.717) is 29.5 Å². The second kappa shape index (κ2) is 6.77. The van der Waals surface area contributed by atoms with Gasteiger partial charge in [0.2, 0.25) is 0 Å². The van der Waals surface area contributed by atoms with Crippen LogP contribution in [0.2, 0.25) is 0 Å². The van der Waals surface area contributed by atoms with E-state index in [4.69, 9.17) is 9.15 Å². The van der Waals surface area contributed by atoms with Crippen LogP contribution < -0.4 is 0 Å². The van der Waals surface area contributed by atoms with Crippen molar-refractivity contribution in [3.05, 3.63) is 35.8 Å². The van der Waals surface area contributed by atoms with Gasteiger partial charge in [-0.15, -0.1) is 0 Å². The fourth-order valence-electron chi connectivity index (χ4n) is 4.02. The molecule has 2 atom stereocenters. The third-order valence-corrected chi connectivity index (χ3v) is 5.42. The number of ether oxygens (including phenoxy) is 1. The molecule has 0 N–H and O–H groups in total. The van der Waals surface area contributed by atoms with Crippen molar-refractivity contribution in [2.24, 2.45) is 5.92 Å². The molecular formula is C19H23FN2O3. The molecule has 1 aromatic carbocycles. The first-order valence-electron chi connectivity index (χ1n) is 8.96. The molecule has 6 heteroatoms. The SMILES string of the molecule is CCC1CN(C(=O)c2cc3cc(F)ccc3o2)CC1N1CCOCC1. The van der Waals surface area contributed by atoms with Gasteiger partial charge in [-0.3, -0.25) is 9.69 Å². The molecule has 2 saturated heterocycles.